The quantitative estimate of drug-likeness (QED) is 0.569. The molecule has 4 aromatic rings. The van der Waals surface area contributed by atoms with Crippen LogP contribution in [0, 0.1) is 0 Å². The lowest BCUT2D eigenvalue weighted by atomic mass is 10.1. The van der Waals surface area contributed by atoms with Crippen molar-refractivity contribution < 1.29 is 4.79 Å². The molecule has 2 N–H and O–H groups in total. The van der Waals surface area contributed by atoms with Gasteiger partial charge in [0.15, 0.2) is 11.5 Å². The lowest BCUT2D eigenvalue weighted by Crippen LogP contribution is -2.12. The fourth-order valence-electron chi connectivity index (χ4n) is 2.85. The molecule has 27 heavy (non-hydrogen) atoms. The summed E-state index contributed by atoms with van der Waals surface area (Å²) in [4.78, 5) is 16.9. The molecule has 0 saturated carbocycles. The molecule has 4 rings (SSSR count). The summed E-state index contributed by atoms with van der Waals surface area (Å²) in [5.41, 5.74) is 3.33. The third kappa shape index (κ3) is 3.57. The van der Waals surface area contributed by atoms with Crippen LogP contribution < -0.4 is 5.32 Å². The first-order valence-corrected chi connectivity index (χ1v) is 8.82. The van der Waals surface area contributed by atoms with E-state index in [0.717, 1.165) is 22.3 Å². The smallest absolute Gasteiger partial charge is 0.258 e. The zero-order chi connectivity index (χ0) is 18.8. The molecule has 7 nitrogen and oxygen atoms in total. The maximum Gasteiger partial charge on any atom is 0.258 e. The highest BCUT2D eigenvalue weighted by Gasteiger charge is 2.13. The van der Waals surface area contributed by atoms with Gasteiger partial charge in [0, 0.05) is 23.3 Å². The number of amides is 1. The van der Waals surface area contributed by atoms with E-state index in [1.54, 1.807) is 18.5 Å². The summed E-state index contributed by atoms with van der Waals surface area (Å²) < 4.78 is 1.83. The van der Waals surface area contributed by atoms with Crippen molar-refractivity contribution in [3.8, 4) is 0 Å². The van der Waals surface area contributed by atoms with Crippen LogP contribution in [0.3, 0.4) is 0 Å². The van der Waals surface area contributed by atoms with Gasteiger partial charge in [0.1, 0.15) is 0 Å². The fraction of sp³-hybridized carbons (Fsp3) is 0.200. The zero-order valence-electron chi connectivity index (χ0n) is 15.2. The molecular formula is C20H20N6O. The van der Waals surface area contributed by atoms with E-state index in [2.05, 4.69) is 39.4 Å². The molecule has 0 aliphatic carbocycles. The van der Waals surface area contributed by atoms with Gasteiger partial charge in [-0.05, 0) is 17.5 Å². The van der Waals surface area contributed by atoms with Gasteiger partial charge < -0.3 is 5.32 Å². The van der Waals surface area contributed by atoms with Crippen LogP contribution in [0.1, 0.15) is 41.4 Å². The van der Waals surface area contributed by atoms with Crippen molar-refractivity contribution in [3.63, 3.8) is 0 Å². The Labute approximate surface area is 156 Å². The van der Waals surface area contributed by atoms with Crippen molar-refractivity contribution >= 4 is 22.8 Å². The van der Waals surface area contributed by atoms with Gasteiger partial charge in [-0.3, -0.25) is 9.89 Å². The fourth-order valence-corrected chi connectivity index (χ4v) is 2.85. The standard InChI is InChI=1S/C20H20N6O/c1-13(2)17-9-18(25-24-17)23-20(27)16-8-15-11-22-26(19(15)21-10-16)12-14-6-4-3-5-7-14/h3-11,13H,12H2,1-2H3,(H2,23,24,25,27). The van der Waals surface area contributed by atoms with E-state index in [-0.39, 0.29) is 5.91 Å². The SMILES string of the molecule is CC(C)c1cc(NC(=O)c2cnc3c(cnn3Cc3ccccc3)c2)n[nH]1. The van der Waals surface area contributed by atoms with E-state index in [0.29, 0.717) is 23.8 Å². The van der Waals surface area contributed by atoms with Crippen molar-refractivity contribution in [3.05, 3.63) is 71.7 Å². The molecule has 1 amide bonds. The van der Waals surface area contributed by atoms with Crippen LogP contribution in [0.15, 0.2) is 54.9 Å². The number of aromatic amines is 1. The Bertz CT molecular complexity index is 1080. The highest BCUT2D eigenvalue weighted by Crippen LogP contribution is 2.17. The minimum atomic E-state index is -0.248. The zero-order valence-corrected chi connectivity index (χ0v) is 15.2. The largest absolute Gasteiger partial charge is 0.305 e. The number of benzene rings is 1. The molecule has 136 valence electrons. The van der Waals surface area contributed by atoms with Crippen LogP contribution >= 0.6 is 0 Å². The molecule has 7 heteroatoms. The Morgan fingerprint density at radius 1 is 1.19 bits per heavy atom. The summed E-state index contributed by atoms with van der Waals surface area (Å²) in [5, 5.41) is 15.1. The second-order valence-electron chi connectivity index (χ2n) is 6.74. The minimum Gasteiger partial charge on any atom is -0.305 e. The normalized spacial score (nSPS) is 11.2. The third-order valence-electron chi connectivity index (χ3n) is 4.37. The summed E-state index contributed by atoms with van der Waals surface area (Å²) in [6.07, 6.45) is 3.30. The summed E-state index contributed by atoms with van der Waals surface area (Å²) in [5.74, 6) is 0.571. The van der Waals surface area contributed by atoms with Crippen LogP contribution in [0.25, 0.3) is 11.0 Å². The van der Waals surface area contributed by atoms with Crippen molar-refractivity contribution in [2.75, 3.05) is 5.32 Å². The number of aromatic nitrogens is 5. The van der Waals surface area contributed by atoms with Gasteiger partial charge in [0.25, 0.3) is 5.91 Å². The van der Waals surface area contributed by atoms with E-state index >= 15 is 0 Å². The number of carbonyl (C=O) groups is 1. The number of rotatable bonds is 5. The summed E-state index contributed by atoms with van der Waals surface area (Å²) in [6.45, 7) is 4.75. The van der Waals surface area contributed by atoms with Crippen molar-refractivity contribution in [2.24, 2.45) is 0 Å². The maximum atomic E-state index is 12.5. The van der Waals surface area contributed by atoms with E-state index in [1.807, 2.05) is 41.1 Å². The topological polar surface area (TPSA) is 88.5 Å². The number of nitrogens with one attached hydrogen (secondary N) is 2. The summed E-state index contributed by atoms with van der Waals surface area (Å²) in [6, 6.07) is 13.7. The Morgan fingerprint density at radius 2 is 2.00 bits per heavy atom. The molecule has 0 aliphatic heterocycles. The van der Waals surface area contributed by atoms with Crippen LogP contribution in [0.4, 0.5) is 5.82 Å². The summed E-state index contributed by atoms with van der Waals surface area (Å²) in [7, 11) is 0. The van der Waals surface area contributed by atoms with Crippen molar-refractivity contribution in [2.45, 2.75) is 26.3 Å². The van der Waals surface area contributed by atoms with E-state index in [9.17, 15) is 4.79 Å². The number of hydrogen-bond donors (Lipinski definition) is 2. The van der Waals surface area contributed by atoms with Gasteiger partial charge in [-0.25, -0.2) is 9.67 Å². The molecule has 0 radical (unpaired) electrons. The van der Waals surface area contributed by atoms with Gasteiger partial charge in [-0.1, -0.05) is 44.2 Å². The second-order valence-corrected chi connectivity index (χ2v) is 6.74. The van der Waals surface area contributed by atoms with Gasteiger partial charge in [0.05, 0.1) is 18.3 Å². The molecule has 0 bridgehead atoms. The molecule has 3 aromatic heterocycles. The Morgan fingerprint density at radius 3 is 2.74 bits per heavy atom. The molecule has 0 spiro atoms. The lowest BCUT2D eigenvalue weighted by molar-refractivity contribution is 0.102. The van der Waals surface area contributed by atoms with Crippen LogP contribution in [0.2, 0.25) is 0 Å². The molecule has 0 fully saturated rings. The highest BCUT2D eigenvalue weighted by atomic mass is 16.1. The highest BCUT2D eigenvalue weighted by molar-refractivity contribution is 6.05. The van der Waals surface area contributed by atoms with Crippen LogP contribution in [-0.2, 0) is 6.54 Å². The van der Waals surface area contributed by atoms with Gasteiger partial charge in [0.2, 0.25) is 0 Å². The Kier molecular flexibility index (Phi) is 4.42. The number of nitrogens with zero attached hydrogens (tertiary/aromatic N) is 4. The average Bonchev–Trinajstić information content (AvgIpc) is 3.30. The number of carbonyl (C=O) groups excluding carboxylic acids is 1. The molecule has 0 saturated heterocycles. The van der Waals surface area contributed by atoms with E-state index in [4.69, 9.17) is 0 Å². The number of H-pyrrole nitrogens is 1. The minimum absolute atomic E-state index is 0.248. The molecule has 0 atom stereocenters. The second kappa shape index (κ2) is 7.03. The molecule has 3 heterocycles. The maximum absolute atomic E-state index is 12.5. The number of anilines is 1. The predicted octanol–water partition coefficient (Wildman–Crippen LogP) is 3.58. The van der Waals surface area contributed by atoms with E-state index < -0.39 is 0 Å². The Balaban J connectivity index is 1.53. The number of fused-ring (bicyclic) bond motifs is 1. The van der Waals surface area contributed by atoms with Crippen LogP contribution in [-0.4, -0.2) is 30.9 Å². The molecular weight excluding hydrogens is 340 g/mol. The lowest BCUT2D eigenvalue weighted by Gasteiger charge is -2.04. The number of hydrogen-bond acceptors (Lipinski definition) is 4. The van der Waals surface area contributed by atoms with Crippen molar-refractivity contribution in [1.82, 2.24) is 25.0 Å². The van der Waals surface area contributed by atoms with Crippen molar-refractivity contribution in [1.29, 1.82) is 0 Å². The first-order valence-electron chi connectivity index (χ1n) is 8.82. The third-order valence-corrected chi connectivity index (χ3v) is 4.37. The number of pyridine rings is 1. The first-order chi connectivity index (χ1) is 13.1. The van der Waals surface area contributed by atoms with E-state index in [1.165, 1.54) is 0 Å². The first kappa shape index (κ1) is 17.0. The monoisotopic (exact) mass is 360 g/mol. The predicted molar refractivity (Wildman–Crippen MR) is 104 cm³/mol. The average molecular weight is 360 g/mol. The van der Waals surface area contributed by atoms with Gasteiger partial charge in [-0.2, -0.15) is 10.2 Å². The Hall–Kier alpha value is -3.48. The molecule has 0 unspecified atom stereocenters. The van der Waals surface area contributed by atoms with Gasteiger partial charge in [-0.15, -0.1) is 0 Å². The molecule has 0 aliphatic rings. The summed E-state index contributed by atoms with van der Waals surface area (Å²) >= 11 is 0. The van der Waals surface area contributed by atoms with Crippen LogP contribution in [0.5, 0.6) is 0 Å². The van der Waals surface area contributed by atoms with Gasteiger partial charge >= 0.3 is 0 Å². The molecule has 1 aromatic carbocycles.